The molecule has 1 amide bonds. The molecule has 7 heteroatoms. The summed E-state index contributed by atoms with van der Waals surface area (Å²) in [5, 5.41) is 2.71. The van der Waals surface area contributed by atoms with E-state index in [2.05, 4.69) is 24.1 Å². The minimum atomic E-state index is -0.225. The lowest BCUT2D eigenvalue weighted by atomic mass is 10.2. The monoisotopic (exact) mass is 354 g/mol. The lowest BCUT2D eigenvalue weighted by Gasteiger charge is -2.22. The molecule has 1 aliphatic rings. The molecule has 0 aliphatic carbocycles. The van der Waals surface area contributed by atoms with Gasteiger partial charge < -0.3 is 19.7 Å². The van der Waals surface area contributed by atoms with E-state index in [0.717, 1.165) is 34.5 Å². The minimum absolute atomic E-state index is 0.0258. The smallest absolute Gasteiger partial charge is 0.233 e. The number of ether oxygens (including phenoxy) is 2. The van der Waals surface area contributed by atoms with Gasteiger partial charge in [-0.3, -0.25) is 4.79 Å². The summed E-state index contributed by atoms with van der Waals surface area (Å²) in [6, 6.07) is 5.67. The van der Waals surface area contributed by atoms with E-state index in [1.54, 1.807) is 0 Å². The summed E-state index contributed by atoms with van der Waals surface area (Å²) in [6.07, 6.45) is 0. The van der Waals surface area contributed by atoms with Gasteiger partial charge in [-0.25, -0.2) is 0 Å². The van der Waals surface area contributed by atoms with Crippen LogP contribution in [0.4, 0.5) is 0 Å². The van der Waals surface area contributed by atoms with Crippen LogP contribution < -0.4 is 14.8 Å². The summed E-state index contributed by atoms with van der Waals surface area (Å²) in [5.41, 5.74) is 0.978. The molecule has 0 bridgehead atoms. The first kappa shape index (κ1) is 17.9. The van der Waals surface area contributed by atoms with Gasteiger partial charge in [0.1, 0.15) is 4.32 Å². The molecule has 23 heavy (non-hydrogen) atoms. The van der Waals surface area contributed by atoms with Crippen molar-refractivity contribution in [2.75, 3.05) is 19.9 Å². The van der Waals surface area contributed by atoms with Gasteiger partial charge in [0.2, 0.25) is 12.7 Å². The van der Waals surface area contributed by atoms with Crippen LogP contribution in [0.5, 0.6) is 11.5 Å². The third-order valence-electron chi connectivity index (χ3n) is 3.57. The quantitative estimate of drug-likeness (QED) is 0.793. The van der Waals surface area contributed by atoms with Crippen LogP contribution >= 0.6 is 24.0 Å². The normalized spacial score (nSPS) is 13.5. The fourth-order valence-electron chi connectivity index (χ4n) is 2.14. The Bertz CT molecular complexity index is 576. The summed E-state index contributed by atoms with van der Waals surface area (Å²) in [4.78, 5) is 14.3. The van der Waals surface area contributed by atoms with Gasteiger partial charge in [0.25, 0.3) is 0 Å². The van der Waals surface area contributed by atoms with Crippen LogP contribution in [0.2, 0.25) is 0 Å². The predicted octanol–water partition coefficient (Wildman–Crippen LogP) is 2.78. The number of nitrogens with zero attached hydrogens (tertiary/aromatic N) is 1. The first-order valence-corrected chi connectivity index (χ1v) is 8.95. The Kier molecular flexibility index (Phi) is 6.53. The highest BCUT2D eigenvalue weighted by Crippen LogP contribution is 2.32. The zero-order valence-electron chi connectivity index (χ0n) is 13.6. The SMILES string of the molecule is CCN(CC)C(=S)S[C@@H](C)C(=O)NCc1ccc2c(c1)OCO2. The maximum atomic E-state index is 12.2. The summed E-state index contributed by atoms with van der Waals surface area (Å²) < 4.78 is 11.4. The average Bonchev–Trinajstić information content (AvgIpc) is 3.01. The Balaban J connectivity index is 1.83. The Hall–Kier alpha value is -1.47. The zero-order valence-corrected chi connectivity index (χ0v) is 15.3. The molecule has 1 aromatic rings. The highest BCUT2D eigenvalue weighted by atomic mass is 32.2. The Morgan fingerprint density at radius 3 is 2.74 bits per heavy atom. The van der Waals surface area contributed by atoms with Crippen LogP contribution in [0.25, 0.3) is 0 Å². The second kappa shape index (κ2) is 8.40. The van der Waals surface area contributed by atoms with Crippen molar-refractivity contribution in [2.24, 2.45) is 0 Å². The topological polar surface area (TPSA) is 50.8 Å². The third-order valence-corrected chi connectivity index (χ3v) is 5.15. The zero-order chi connectivity index (χ0) is 16.8. The van der Waals surface area contributed by atoms with E-state index in [1.165, 1.54) is 11.8 Å². The van der Waals surface area contributed by atoms with E-state index in [-0.39, 0.29) is 18.0 Å². The number of thiocarbonyl (C=S) groups is 1. The first-order chi connectivity index (χ1) is 11.0. The van der Waals surface area contributed by atoms with Gasteiger partial charge in [0, 0.05) is 19.6 Å². The largest absolute Gasteiger partial charge is 0.454 e. The molecule has 1 aromatic carbocycles. The number of carbonyl (C=O) groups excluding carboxylic acids is 1. The highest BCUT2D eigenvalue weighted by molar-refractivity contribution is 8.23. The molecule has 0 saturated carbocycles. The van der Waals surface area contributed by atoms with Gasteiger partial charge in [-0.2, -0.15) is 0 Å². The van der Waals surface area contributed by atoms with Gasteiger partial charge in [-0.1, -0.05) is 30.0 Å². The van der Waals surface area contributed by atoms with E-state index in [9.17, 15) is 4.79 Å². The number of carbonyl (C=O) groups is 1. The molecule has 1 heterocycles. The molecule has 126 valence electrons. The van der Waals surface area contributed by atoms with E-state index in [4.69, 9.17) is 21.7 Å². The molecule has 1 atom stereocenters. The summed E-state index contributed by atoms with van der Waals surface area (Å²) in [6.45, 7) is 8.40. The van der Waals surface area contributed by atoms with Crippen LogP contribution in [-0.4, -0.2) is 40.3 Å². The van der Waals surface area contributed by atoms with Crippen molar-refractivity contribution in [3.05, 3.63) is 23.8 Å². The van der Waals surface area contributed by atoms with E-state index < -0.39 is 0 Å². The predicted molar refractivity (Wildman–Crippen MR) is 97.0 cm³/mol. The van der Waals surface area contributed by atoms with Crippen molar-refractivity contribution in [3.63, 3.8) is 0 Å². The molecule has 1 N–H and O–H groups in total. The number of rotatable bonds is 6. The fraction of sp³-hybridized carbons (Fsp3) is 0.500. The summed E-state index contributed by atoms with van der Waals surface area (Å²) in [5.74, 6) is 1.44. The molecule has 0 fully saturated rings. The van der Waals surface area contributed by atoms with E-state index >= 15 is 0 Å². The van der Waals surface area contributed by atoms with Crippen LogP contribution in [0.3, 0.4) is 0 Å². The number of benzene rings is 1. The summed E-state index contributed by atoms with van der Waals surface area (Å²) >= 11 is 6.80. The van der Waals surface area contributed by atoms with Crippen molar-refractivity contribution >= 4 is 34.2 Å². The third kappa shape index (κ3) is 4.75. The first-order valence-electron chi connectivity index (χ1n) is 7.67. The van der Waals surface area contributed by atoms with Gasteiger partial charge >= 0.3 is 0 Å². The Morgan fingerprint density at radius 1 is 1.35 bits per heavy atom. The minimum Gasteiger partial charge on any atom is -0.454 e. The van der Waals surface area contributed by atoms with Crippen molar-refractivity contribution in [1.82, 2.24) is 10.2 Å². The van der Waals surface area contributed by atoms with Crippen molar-refractivity contribution in [1.29, 1.82) is 0 Å². The average molecular weight is 354 g/mol. The number of hydrogen-bond donors (Lipinski definition) is 1. The maximum absolute atomic E-state index is 12.2. The Morgan fingerprint density at radius 2 is 2.04 bits per heavy atom. The van der Waals surface area contributed by atoms with Crippen LogP contribution in [0, 0.1) is 0 Å². The highest BCUT2D eigenvalue weighted by Gasteiger charge is 2.18. The van der Waals surface area contributed by atoms with Crippen LogP contribution in [0.15, 0.2) is 18.2 Å². The second-order valence-corrected chi connectivity index (χ2v) is 7.08. The molecule has 0 radical (unpaired) electrons. The van der Waals surface area contributed by atoms with Gasteiger partial charge in [-0.05, 0) is 38.5 Å². The molecule has 0 unspecified atom stereocenters. The molecule has 1 aliphatic heterocycles. The van der Waals surface area contributed by atoms with Crippen molar-refractivity contribution in [3.8, 4) is 11.5 Å². The molecular weight excluding hydrogens is 332 g/mol. The molecule has 0 aromatic heterocycles. The van der Waals surface area contributed by atoms with E-state index in [1.807, 2.05) is 25.1 Å². The van der Waals surface area contributed by atoms with Crippen molar-refractivity contribution in [2.45, 2.75) is 32.6 Å². The standard InChI is InChI=1S/C16H22N2O3S2/c1-4-18(5-2)16(22)23-11(3)15(19)17-9-12-6-7-13-14(8-12)21-10-20-13/h6-8,11H,4-5,9-10H2,1-3H3,(H,17,19)/t11-/m0/s1. The van der Waals surface area contributed by atoms with Crippen LogP contribution in [0.1, 0.15) is 26.3 Å². The van der Waals surface area contributed by atoms with Gasteiger partial charge in [0.15, 0.2) is 11.5 Å². The number of amides is 1. The van der Waals surface area contributed by atoms with Crippen molar-refractivity contribution < 1.29 is 14.3 Å². The van der Waals surface area contributed by atoms with E-state index in [0.29, 0.717) is 6.54 Å². The molecule has 5 nitrogen and oxygen atoms in total. The molecular formula is C16H22N2O3S2. The van der Waals surface area contributed by atoms with Crippen LogP contribution in [-0.2, 0) is 11.3 Å². The lowest BCUT2D eigenvalue weighted by Crippen LogP contribution is -2.34. The number of fused-ring (bicyclic) bond motifs is 1. The Labute approximate surface area is 146 Å². The fourth-order valence-corrected chi connectivity index (χ4v) is 3.74. The summed E-state index contributed by atoms with van der Waals surface area (Å²) in [7, 11) is 0. The number of nitrogens with one attached hydrogen (secondary N) is 1. The number of hydrogen-bond acceptors (Lipinski definition) is 5. The second-order valence-electron chi connectivity index (χ2n) is 5.10. The molecule has 2 rings (SSSR count). The maximum Gasteiger partial charge on any atom is 0.233 e. The number of thioether (sulfide) groups is 1. The van der Waals surface area contributed by atoms with Gasteiger partial charge in [0.05, 0.1) is 5.25 Å². The lowest BCUT2D eigenvalue weighted by molar-refractivity contribution is -0.120. The molecule has 0 spiro atoms. The molecule has 0 saturated heterocycles. The van der Waals surface area contributed by atoms with Gasteiger partial charge in [-0.15, -0.1) is 0 Å².